The van der Waals surface area contributed by atoms with E-state index in [1.165, 1.54) is 0 Å². The van der Waals surface area contributed by atoms with Crippen molar-refractivity contribution < 1.29 is 9.53 Å². The monoisotopic (exact) mass is 331 g/mol. The van der Waals surface area contributed by atoms with Gasteiger partial charge in [-0.2, -0.15) is 0 Å². The van der Waals surface area contributed by atoms with Gasteiger partial charge in [-0.3, -0.25) is 4.79 Å². The predicted molar refractivity (Wildman–Crippen MR) is 85.6 cm³/mol. The maximum Gasteiger partial charge on any atom is 0.223 e. The standard InChI is InChI=1S/C16H23Cl2NO2/c1-2-8-21-13-5-3-4-11(9-13)16(20)19-15-7-6-12(17)10-14(15)18/h1,11-15H,3-10H2,(H,19,20). The lowest BCUT2D eigenvalue weighted by atomic mass is 9.85. The Balaban J connectivity index is 1.81. The lowest BCUT2D eigenvalue weighted by Crippen LogP contribution is -2.47. The van der Waals surface area contributed by atoms with E-state index in [1.54, 1.807) is 0 Å². The van der Waals surface area contributed by atoms with E-state index >= 15 is 0 Å². The van der Waals surface area contributed by atoms with E-state index in [2.05, 4.69) is 11.2 Å². The average Bonchev–Trinajstić information content (AvgIpc) is 2.48. The van der Waals surface area contributed by atoms with E-state index in [0.717, 1.165) is 44.9 Å². The molecule has 1 N–H and O–H groups in total. The van der Waals surface area contributed by atoms with Crippen molar-refractivity contribution >= 4 is 29.1 Å². The molecule has 5 atom stereocenters. The van der Waals surface area contributed by atoms with Gasteiger partial charge in [-0.1, -0.05) is 12.3 Å². The van der Waals surface area contributed by atoms with Crippen LogP contribution in [-0.2, 0) is 9.53 Å². The third-order valence-electron chi connectivity index (χ3n) is 4.44. The molecule has 2 fully saturated rings. The molecular formula is C16H23Cl2NO2. The molecule has 2 aliphatic rings. The fourth-order valence-electron chi connectivity index (χ4n) is 3.23. The molecule has 21 heavy (non-hydrogen) atoms. The molecule has 5 heteroatoms. The summed E-state index contributed by atoms with van der Waals surface area (Å²) in [6, 6.07) is 0.0428. The van der Waals surface area contributed by atoms with Gasteiger partial charge in [0.05, 0.1) is 11.5 Å². The zero-order valence-corrected chi connectivity index (χ0v) is 13.7. The molecular weight excluding hydrogens is 309 g/mol. The van der Waals surface area contributed by atoms with Crippen LogP contribution < -0.4 is 5.32 Å². The van der Waals surface area contributed by atoms with Gasteiger partial charge in [0, 0.05) is 17.3 Å². The Hall–Kier alpha value is -0.430. The predicted octanol–water partition coefficient (Wildman–Crippen LogP) is 3.08. The van der Waals surface area contributed by atoms with Gasteiger partial charge in [0.15, 0.2) is 0 Å². The second kappa shape index (κ2) is 8.27. The SMILES string of the molecule is C#CCOC1CCCC(C(=O)NC2CCC(Cl)CC2Cl)C1. The van der Waals surface area contributed by atoms with Crippen LogP contribution in [-0.4, -0.2) is 35.4 Å². The maximum atomic E-state index is 12.4. The number of halogens is 2. The molecule has 0 aliphatic heterocycles. The summed E-state index contributed by atoms with van der Waals surface area (Å²) in [5.41, 5.74) is 0. The summed E-state index contributed by atoms with van der Waals surface area (Å²) < 4.78 is 5.58. The number of rotatable bonds is 4. The minimum atomic E-state index is -0.0673. The van der Waals surface area contributed by atoms with Gasteiger partial charge in [0.1, 0.15) is 6.61 Å². The normalized spacial score (nSPS) is 36.7. The molecule has 1 amide bonds. The Morgan fingerprint density at radius 1 is 1.24 bits per heavy atom. The molecule has 2 saturated carbocycles. The molecule has 0 radical (unpaired) electrons. The number of alkyl halides is 2. The highest BCUT2D eigenvalue weighted by Gasteiger charge is 2.33. The fourth-order valence-corrected chi connectivity index (χ4v) is 4.04. The Kier molecular flexibility index (Phi) is 6.67. The summed E-state index contributed by atoms with van der Waals surface area (Å²) in [5.74, 6) is 2.60. The maximum absolute atomic E-state index is 12.4. The molecule has 5 unspecified atom stereocenters. The number of carbonyl (C=O) groups is 1. The number of carbonyl (C=O) groups excluding carboxylic acids is 1. The van der Waals surface area contributed by atoms with Gasteiger partial charge in [-0.05, 0) is 38.5 Å². The van der Waals surface area contributed by atoms with Crippen molar-refractivity contribution in [2.45, 2.75) is 67.8 Å². The van der Waals surface area contributed by atoms with Gasteiger partial charge >= 0.3 is 0 Å². The van der Waals surface area contributed by atoms with Gasteiger partial charge in [0.2, 0.25) is 5.91 Å². The highest BCUT2D eigenvalue weighted by atomic mass is 35.5. The van der Waals surface area contributed by atoms with Crippen LogP contribution in [0.25, 0.3) is 0 Å². The third kappa shape index (κ3) is 5.06. The van der Waals surface area contributed by atoms with Crippen LogP contribution in [0.15, 0.2) is 0 Å². The summed E-state index contributed by atoms with van der Waals surface area (Å²) in [5, 5.41) is 3.18. The summed E-state index contributed by atoms with van der Waals surface area (Å²) >= 11 is 12.4. The van der Waals surface area contributed by atoms with Gasteiger partial charge in [-0.25, -0.2) is 0 Å². The first kappa shape index (κ1) is 16.9. The van der Waals surface area contributed by atoms with Gasteiger partial charge in [0.25, 0.3) is 0 Å². The Morgan fingerprint density at radius 2 is 2.05 bits per heavy atom. The molecule has 0 aromatic heterocycles. The van der Waals surface area contributed by atoms with Gasteiger partial charge in [-0.15, -0.1) is 29.6 Å². The smallest absolute Gasteiger partial charge is 0.223 e. The Labute approximate surface area is 137 Å². The molecule has 0 aromatic carbocycles. The second-order valence-electron chi connectivity index (χ2n) is 6.04. The number of nitrogens with one attached hydrogen (secondary N) is 1. The fraction of sp³-hybridized carbons (Fsp3) is 0.812. The van der Waals surface area contributed by atoms with Crippen LogP contribution >= 0.6 is 23.2 Å². The number of terminal acetylenes is 1. The van der Waals surface area contributed by atoms with E-state index in [4.69, 9.17) is 34.4 Å². The summed E-state index contributed by atoms with van der Waals surface area (Å²) in [4.78, 5) is 12.4. The molecule has 0 heterocycles. The highest BCUT2D eigenvalue weighted by Crippen LogP contribution is 2.30. The largest absolute Gasteiger partial charge is 0.366 e. The zero-order chi connectivity index (χ0) is 15.2. The number of hydrogen-bond donors (Lipinski definition) is 1. The van der Waals surface area contributed by atoms with Gasteiger partial charge < -0.3 is 10.1 Å². The molecule has 0 spiro atoms. The van der Waals surface area contributed by atoms with Crippen LogP contribution in [0.4, 0.5) is 0 Å². The third-order valence-corrected chi connectivity index (χ3v) is 5.31. The van der Waals surface area contributed by atoms with E-state index in [9.17, 15) is 4.79 Å². The van der Waals surface area contributed by atoms with Crippen molar-refractivity contribution in [2.24, 2.45) is 5.92 Å². The van der Waals surface area contributed by atoms with Crippen molar-refractivity contribution in [3.8, 4) is 12.3 Å². The second-order valence-corrected chi connectivity index (χ2v) is 7.22. The highest BCUT2D eigenvalue weighted by molar-refractivity contribution is 6.24. The van der Waals surface area contributed by atoms with Crippen molar-refractivity contribution in [3.63, 3.8) is 0 Å². The minimum Gasteiger partial charge on any atom is -0.366 e. The topological polar surface area (TPSA) is 38.3 Å². The van der Waals surface area contributed by atoms with E-state index in [0.29, 0.717) is 6.61 Å². The number of ether oxygens (including phenoxy) is 1. The Morgan fingerprint density at radius 3 is 2.76 bits per heavy atom. The molecule has 0 aromatic rings. The number of hydrogen-bond acceptors (Lipinski definition) is 2. The lowest BCUT2D eigenvalue weighted by Gasteiger charge is -2.33. The van der Waals surface area contributed by atoms with Crippen molar-refractivity contribution in [3.05, 3.63) is 0 Å². The van der Waals surface area contributed by atoms with Crippen molar-refractivity contribution in [1.29, 1.82) is 0 Å². The van der Waals surface area contributed by atoms with E-state index < -0.39 is 0 Å². The van der Waals surface area contributed by atoms with Crippen molar-refractivity contribution in [2.75, 3.05) is 6.61 Å². The van der Waals surface area contributed by atoms with E-state index in [1.807, 2.05) is 0 Å². The van der Waals surface area contributed by atoms with E-state index in [-0.39, 0.29) is 34.7 Å². The summed E-state index contributed by atoms with van der Waals surface area (Å²) in [6.45, 7) is 0.322. The van der Waals surface area contributed by atoms with Crippen LogP contribution in [0.2, 0.25) is 0 Å². The number of amides is 1. The molecule has 2 rings (SSSR count). The first-order valence-electron chi connectivity index (χ1n) is 7.73. The molecule has 118 valence electrons. The molecule has 3 nitrogen and oxygen atoms in total. The molecule has 0 bridgehead atoms. The van der Waals surface area contributed by atoms with Crippen LogP contribution in [0.5, 0.6) is 0 Å². The van der Waals surface area contributed by atoms with Crippen LogP contribution in [0, 0.1) is 18.3 Å². The summed E-state index contributed by atoms with van der Waals surface area (Å²) in [7, 11) is 0. The van der Waals surface area contributed by atoms with Crippen LogP contribution in [0.1, 0.15) is 44.9 Å². The quantitative estimate of drug-likeness (QED) is 0.635. The minimum absolute atomic E-state index is 0.0131. The van der Waals surface area contributed by atoms with Crippen molar-refractivity contribution in [1.82, 2.24) is 5.32 Å². The summed E-state index contributed by atoms with van der Waals surface area (Å²) in [6.07, 6.45) is 11.5. The van der Waals surface area contributed by atoms with Crippen LogP contribution in [0.3, 0.4) is 0 Å². The lowest BCUT2D eigenvalue weighted by molar-refractivity contribution is -0.128. The average molecular weight is 332 g/mol. The molecule has 0 saturated heterocycles. The molecule has 2 aliphatic carbocycles. The first-order valence-corrected chi connectivity index (χ1v) is 8.61. The first-order chi connectivity index (χ1) is 10.1. The Bertz CT molecular complexity index is 396. The zero-order valence-electron chi connectivity index (χ0n) is 12.2.